The predicted molar refractivity (Wildman–Crippen MR) is 80.3 cm³/mol. The molecule has 0 atom stereocenters. The molecule has 1 aliphatic carbocycles. The number of halogens is 1. The molecule has 1 saturated carbocycles. The molecule has 112 valence electrons. The molecule has 0 bridgehead atoms. The van der Waals surface area contributed by atoms with Crippen molar-refractivity contribution in [3.05, 3.63) is 35.8 Å². The van der Waals surface area contributed by atoms with Gasteiger partial charge in [0.1, 0.15) is 11.6 Å². The van der Waals surface area contributed by atoms with E-state index in [1.165, 1.54) is 18.6 Å². The zero-order chi connectivity index (χ0) is 15.0. The van der Waals surface area contributed by atoms with Gasteiger partial charge in [-0.05, 0) is 37.0 Å². The third-order valence-electron chi connectivity index (χ3n) is 4.48. The fourth-order valence-corrected chi connectivity index (χ4v) is 2.98. The number of nitrogens with zero attached hydrogens (tertiary/aromatic N) is 2. The van der Waals surface area contributed by atoms with Crippen molar-refractivity contribution < 1.29 is 9.13 Å². The van der Waals surface area contributed by atoms with E-state index in [4.69, 9.17) is 10.5 Å². The van der Waals surface area contributed by atoms with Crippen LogP contribution in [-0.2, 0) is 18.2 Å². The van der Waals surface area contributed by atoms with Gasteiger partial charge in [0.15, 0.2) is 0 Å². The average molecular weight is 289 g/mol. The molecule has 4 nitrogen and oxygen atoms in total. The Labute approximate surface area is 123 Å². The van der Waals surface area contributed by atoms with Crippen LogP contribution in [0.2, 0.25) is 0 Å². The summed E-state index contributed by atoms with van der Waals surface area (Å²) >= 11 is 0. The number of hydrogen-bond acceptors (Lipinski definition) is 3. The molecule has 3 rings (SSSR count). The van der Waals surface area contributed by atoms with Gasteiger partial charge in [-0.25, -0.2) is 4.39 Å². The Morgan fingerprint density at radius 2 is 2.00 bits per heavy atom. The smallest absolute Gasteiger partial charge is 0.129 e. The summed E-state index contributed by atoms with van der Waals surface area (Å²) in [6.07, 6.45) is 4.01. The van der Waals surface area contributed by atoms with Crippen molar-refractivity contribution in [2.45, 2.75) is 31.3 Å². The van der Waals surface area contributed by atoms with E-state index in [9.17, 15) is 4.39 Å². The van der Waals surface area contributed by atoms with Crippen molar-refractivity contribution in [1.82, 2.24) is 9.78 Å². The Morgan fingerprint density at radius 3 is 2.52 bits per heavy atom. The summed E-state index contributed by atoms with van der Waals surface area (Å²) < 4.78 is 20.5. The van der Waals surface area contributed by atoms with Gasteiger partial charge in [-0.3, -0.25) is 4.68 Å². The molecule has 1 aliphatic rings. The van der Waals surface area contributed by atoms with E-state index in [1.807, 2.05) is 7.05 Å². The second-order valence-electron chi connectivity index (χ2n) is 5.75. The Bertz CT molecular complexity index is 639. The van der Waals surface area contributed by atoms with E-state index in [0.29, 0.717) is 5.82 Å². The molecular weight excluding hydrogens is 269 g/mol. The zero-order valence-corrected chi connectivity index (χ0v) is 12.4. The van der Waals surface area contributed by atoms with Crippen molar-refractivity contribution >= 4 is 5.82 Å². The van der Waals surface area contributed by atoms with Gasteiger partial charge in [-0.1, -0.05) is 12.1 Å². The van der Waals surface area contributed by atoms with Gasteiger partial charge in [0, 0.05) is 26.1 Å². The normalized spacial score (nSPS) is 16.7. The molecule has 2 N–H and O–H groups in total. The van der Waals surface area contributed by atoms with Gasteiger partial charge >= 0.3 is 0 Å². The summed E-state index contributed by atoms with van der Waals surface area (Å²) in [7, 11) is 3.58. The van der Waals surface area contributed by atoms with Gasteiger partial charge in [0.25, 0.3) is 0 Å². The maximum absolute atomic E-state index is 13.1. The Kier molecular flexibility index (Phi) is 3.45. The lowest BCUT2D eigenvalue weighted by Crippen LogP contribution is -2.41. The second kappa shape index (κ2) is 5.15. The third kappa shape index (κ3) is 2.42. The van der Waals surface area contributed by atoms with Gasteiger partial charge < -0.3 is 10.5 Å². The first-order valence-corrected chi connectivity index (χ1v) is 7.17. The number of methoxy groups -OCH3 is 1. The lowest BCUT2D eigenvalue weighted by Gasteiger charge is -2.40. The summed E-state index contributed by atoms with van der Waals surface area (Å²) in [6.45, 7) is 0. The van der Waals surface area contributed by atoms with Crippen molar-refractivity contribution in [3.8, 4) is 11.1 Å². The molecule has 0 radical (unpaired) electrons. The average Bonchev–Trinajstić information content (AvgIpc) is 2.71. The molecule has 2 aromatic rings. The quantitative estimate of drug-likeness (QED) is 0.941. The van der Waals surface area contributed by atoms with Crippen LogP contribution in [0.15, 0.2) is 24.3 Å². The molecule has 0 saturated heterocycles. The number of aromatic nitrogens is 2. The van der Waals surface area contributed by atoms with E-state index in [-0.39, 0.29) is 11.4 Å². The molecule has 0 aliphatic heterocycles. The first-order valence-electron chi connectivity index (χ1n) is 7.17. The maximum atomic E-state index is 13.1. The van der Waals surface area contributed by atoms with E-state index in [2.05, 4.69) is 5.10 Å². The monoisotopic (exact) mass is 289 g/mol. The van der Waals surface area contributed by atoms with E-state index >= 15 is 0 Å². The highest BCUT2D eigenvalue weighted by Gasteiger charge is 2.38. The van der Waals surface area contributed by atoms with Crippen LogP contribution in [0.1, 0.15) is 25.0 Å². The van der Waals surface area contributed by atoms with Crippen LogP contribution in [0.3, 0.4) is 0 Å². The summed E-state index contributed by atoms with van der Waals surface area (Å²) in [5.74, 6) is 0.345. The standard InChI is InChI=1S/C16H20FN3O/c1-20-15(18)14(11-4-6-12(17)7-5-11)13(19-20)10-16(21-2)8-3-9-16/h4-7H,3,8-10,18H2,1-2H3. The van der Waals surface area contributed by atoms with Crippen molar-refractivity contribution in [3.63, 3.8) is 0 Å². The van der Waals surface area contributed by atoms with Crippen LogP contribution < -0.4 is 5.73 Å². The van der Waals surface area contributed by atoms with E-state index in [1.54, 1.807) is 23.9 Å². The molecule has 0 amide bonds. The van der Waals surface area contributed by atoms with Crippen molar-refractivity contribution in [2.24, 2.45) is 7.05 Å². The number of anilines is 1. The summed E-state index contributed by atoms with van der Waals surface area (Å²) in [6, 6.07) is 6.38. The van der Waals surface area contributed by atoms with E-state index < -0.39 is 0 Å². The number of aryl methyl sites for hydroxylation is 1. The predicted octanol–water partition coefficient (Wildman–Crippen LogP) is 2.92. The first-order chi connectivity index (χ1) is 10.0. The highest BCUT2D eigenvalue weighted by atomic mass is 19.1. The fraction of sp³-hybridized carbons (Fsp3) is 0.438. The Morgan fingerprint density at radius 1 is 1.33 bits per heavy atom. The minimum Gasteiger partial charge on any atom is -0.383 e. The fourth-order valence-electron chi connectivity index (χ4n) is 2.98. The lowest BCUT2D eigenvalue weighted by atomic mass is 9.76. The first kappa shape index (κ1) is 14.1. The summed E-state index contributed by atoms with van der Waals surface area (Å²) in [5.41, 5.74) is 8.74. The highest BCUT2D eigenvalue weighted by Crippen LogP contribution is 2.40. The number of nitrogen functional groups attached to an aromatic ring is 1. The summed E-state index contributed by atoms with van der Waals surface area (Å²) in [5, 5.41) is 4.54. The molecule has 1 heterocycles. The molecule has 1 aromatic heterocycles. The zero-order valence-electron chi connectivity index (χ0n) is 12.4. The van der Waals surface area contributed by atoms with Gasteiger partial charge in [0.05, 0.1) is 11.3 Å². The number of hydrogen-bond donors (Lipinski definition) is 1. The third-order valence-corrected chi connectivity index (χ3v) is 4.48. The molecular formula is C16H20FN3O. The summed E-state index contributed by atoms with van der Waals surface area (Å²) in [4.78, 5) is 0. The van der Waals surface area contributed by atoms with Gasteiger partial charge in [-0.15, -0.1) is 0 Å². The lowest BCUT2D eigenvalue weighted by molar-refractivity contribution is -0.0714. The van der Waals surface area contributed by atoms with Gasteiger partial charge in [0.2, 0.25) is 0 Å². The highest BCUT2D eigenvalue weighted by molar-refractivity contribution is 5.76. The molecule has 21 heavy (non-hydrogen) atoms. The Balaban J connectivity index is 2.01. The number of rotatable bonds is 4. The maximum Gasteiger partial charge on any atom is 0.129 e. The van der Waals surface area contributed by atoms with Crippen LogP contribution in [0.5, 0.6) is 0 Å². The van der Waals surface area contributed by atoms with Crippen molar-refractivity contribution in [1.29, 1.82) is 0 Å². The van der Waals surface area contributed by atoms with E-state index in [0.717, 1.165) is 36.1 Å². The largest absolute Gasteiger partial charge is 0.383 e. The second-order valence-corrected chi connectivity index (χ2v) is 5.75. The number of benzene rings is 1. The van der Waals surface area contributed by atoms with Crippen LogP contribution in [0, 0.1) is 5.82 Å². The van der Waals surface area contributed by atoms with Crippen molar-refractivity contribution in [2.75, 3.05) is 12.8 Å². The Hall–Kier alpha value is -1.88. The van der Waals surface area contributed by atoms with Crippen LogP contribution >= 0.6 is 0 Å². The number of ether oxygens (including phenoxy) is 1. The minimum atomic E-state index is -0.255. The van der Waals surface area contributed by atoms with Crippen LogP contribution in [0.25, 0.3) is 11.1 Å². The molecule has 1 fully saturated rings. The number of nitrogens with two attached hydrogens (primary N) is 1. The minimum absolute atomic E-state index is 0.116. The molecule has 0 unspecified atom stereocenters. The molecule has 1 aromatic carbocycles. The van der Waals surface area contributed by atoms with Crippen LogP contribution in [-0.4, -0.2) is 22.5 Å². The SMILES string of the molecule is COC1(Cc2nn(C)c(N)c2-c2ccc(F)cc2)CCC1. The molecule has 5 heteroatoms. The molecule has 0 spiro atoms. The van der Waals surface area contributed by atoms with Crippen LogP contribution in [0.4, 0.5) is 10.2 Å². The topological polar surface area (TPSA) is 53.1 Å². The van der Waals surface area contributed by atoms with Gasteiger partial charge in [-0.2, -0.15) is 5.10 Å².